The number of hydrogen-bond acceptors (Lipinski definition) is 5. The molecule has 1 aromatic rings. The Morgan fingerprint density at radius 3 is 2.71 bits per heavy atom. The van der Waals surface area contributed by atoms with Gasteiger partial charge in [0, 0.05) is 6.04 Å². The monoisotopic (exact) mass is 275 g/mol. The van der Waals surface area contributed by atoms with Gasteiger partial charge in [-0.25, -0.2) is 18.1 Å². The Kier molecular flexibility index (Phi) is 3.42. The number of nitrogens with two attached hydrogens (primary N) is 1. The third kappa shape index (κ3) is 3.17. The molecule has 1 fully saturated rings. The highest BCUT2D eigenvalue weighted by atomic mass is 32.2. The summed E-state index contributed by atoms with van der Waals surface area (Å²) in [4.78, 5) is 3.94. The molecule has 0 saturated heterocycles. The molecule has 1 saturated carbocycles. The summed E-state index contributed by atoms with van der Waals surface area (Å²) in [6.07, 6.45) is 3.35. The third-order valence-corrected chi connectivity index (χ3v) is 5.94. The molecule has 5 nitrogen and oxygen atoms in total. The number of nitrogens with one attached hydrogen (secondary N) is 1. The fourth-order valence-electron chi connectivity index (χ4n) is 1.87. The number of nitrogen functional groups attached to an aromatic ring is 1. The number of thiazole rings is 1. The lowest BCUT2D eigenvalue weighted by Gasteiger charge is -2.12. The Hall–Kier alpha value is -0.660. The van der Waals surface area contributed by atoms with Crippen LogP contribution in [0.3, 0.4) is 0 Å². The van der Waals surface area contributed by atoms with Gasteiger partial charge in [-0.15, -0.1) is 0 Å². The second-order valence-corrected chi connectivity index (χ2v) is 7.57. The van der Waals surface area contributed by atoms with E-state index in [1.807, 2.05) is 6.92 Å². The van der Waals surface area contributed by atoms with Crippen LogP contribution in [0.2, 0.25) is 0 Å². The first-order valence-electron chi connectivity index (χ1n) is 5.63. The summed E-state index contributed by atoms with van der Waals surface area (Å²) in [6.45, 7) is 3.56. The van der Waals surface area contributed by atoms with Gasteiger partial charge in [0.25, 0.3) is 10.0 Å². The van der Waals surface area contributed by atoms with Gasteiger partial charge in [0.1, 0.15) is 0 Å². The number of nitrogens with zero attached hydrogens (tertiary/aromatic N) is 1. The zero-order valence-corrected chi connectivity index (χ0v) is 11.6. The standard InChI is InChI=1S/C10H17N3O2S2/c1-6(5-8-3-4-8)13-17(14,15)9-7(2)12-10(11)16-9/h6,8,13H,3-5H2,1-2H3,(H2,11,12). The molecule has 1 unspecified atom stereocenters. The molecular formula is C10H17N3O2S2. The summed E-state index contributed by atoms with van der Waals surface area (Å²) in [5.41, 5.74) is 5.98. The van der Waals surface area contributed by atoms with E-state index in [1.165, 1.54) is 12.8 Å². The summed E-state index contributed by atoms with van der Waals surface area (Å²) in [5, 5.41) is 0.290. The molecule has 0 spiro atoms. The largest absolute Gasteiger partial charge is 0.375 e. The smallest absolute Gasteiger partial charge is 0.252 e. The second-order valence-electron chi connectivity index (χ2n) is 4.63. The van der Waals surface area contributed by atoms with E-state index in [2.05, 4.69) is 9.71 Å². The van der Waals surface area contributed by atoms with Gasteiger partial charge in [0.15, 0.2) is 9.34 Å². The van der Waals surface area contributed by atoms with E-state index in [4.69, 9.17) is 5.73 Å². The quantitative estimate of drug-likeness (QED) is 0.852. The summed E-state index contributed by atoms with van der Waals surface area (Å²) in [7, 11) is -3.46. The van der Waals surface area contributed by atoms with Crippen LogP contribution in [0.4, 0.5) is 5.13 Å². The first-order valence-corrected chi connectivity index (χ1v) is 7.93. The van der Waals surface area contributed by atoms with Gasteiger partial charge in [0.2, 0.25) is 0 Å². The maximum absolute atomic E-state index is 12.1. The summed E-state index contributed by atoms with van der Waals surface area (Å²) in [5.74, 6) is 0.695. The molecule has 0 bridgehead atoms. The molecule has 0 aromatic carbocycles. The Balaban J connectivity index is 2.09. The Morgan fingerprint density at radius 2 is 2.24 bits per heavy atom. The van der Waals surface area contributed by atoms with Gasteiger partial charge in [-0.3, -0.25) is 0 Å². The number of rotatable bonds is 5. The average molecular weight is 275 g/mol. The van der Waals surface area contributed by atoms with Crippen LogP contribution in [0.5, 0.6) is 0 Å². The van der Waals surface area contributed by atoms with E-state index in [0.717, 1.165) is 17.8 Å². The number of anilines is 1. The first kappa shape index (κ1) is 12.8. The van der Waals surface area contributed by atoms with E-state index >= 15 is 0 Å². The first-order chi connectivity index (χ1) is 7.88. The van der Waals surface area contributed by atoms with Crippen molar-refractivity contribution in [3.05, 3.63) is 5.69 Å². The maximum Gasteiger partial charge on any atom is 0.252 e. The lowest BCUT2D eigenvalue weighted by Crippen LogP contribution is -2.32. The van der Waals surface area contributed by atoms with Crippen molar-refractivity contribution >= 4 is 26.5 Å². The van der Waals surface area contributed by atoms with E-state index in [0.29, 0.717) is 11.6 Å². The summed E-state index contributed by atoms with van der Waals surface area (Å²) >= 11 is 1.01. The average Bonchev–Trinajstić information content (AvgIpc) is 2.89. The number of aromatic nitrogens is 1. The predicted molar refractivity (Wildman–Crippen MR) is 68.4 cm³/mol. The summed E-state index contributed by atoms with van der Waals surface area (Å²) < 4.78 is 27.1. The predicted octanol–water partition coefficient (Wildman–Crippen LogP) is 1.50. The lowest BCUT2D eigenvalue weighted by atomic mass is 10.2. The second kappa shape index (κ2) is 4.55. The van der Waals surface area contributed by atoms with Crippen LogP contribution in [0.1, 0.15) is 31.9 Å². The van der Waals surface area contributed by atoms with E-state index in [9.17, 15) is 8.42 Å². The fraction of sp³-hybridized carbons (Fsp3) is 0.700. The van der Waals surface area contributed by atoms with Crippen LogP contribution in [-0.2, 0) is 10.0 Å². The van der Waals surface area contributed by atoms with E-state index in [1.54, 1.807) is 6.92 Å². The number of sulfonamides is 1. The minimum atomic E-state index is -3.46. The number of aryl methyl sites for hydroxylation is 1. The molecule has 1 aromatic heterocycles. The van der Waals surface area contributed by atoms with Gasteiger partial charge in [-0.05, 0) is 26.2 Å². The molecule has 0 aliphatic heterocycles. The fourth-order valence-corrected chi connectivity index (χ4v) is 4.44. The van der Waals surface area contributed by atoms with Crippen LogP contribution < -0.4 is 10.5 Å². The highest BCUT2D eigenvalue weighted by molar-refractivity contribution is 7.91. The van der Waals surface area contributed by atoms with Gasteiger partial charge in [-0.2, -0.15) is 0 Å². The zero-order chi connectivity index (χ0) is 12.6. The number of hydrogen-bond donors (Lipinski definition) is 2. The molecule has 1 atom stereocenters. The van der Waals surface area contributed by atoms with Crippen molar-refractivity contribution in [1.29, 1.82) is 0 Å². The lowest BCUT2D eigenvalue weighted by molar-refractivity contribution is 0.531. The van der Waals surface area contributed by atoms with Gasteiger partial charge < -0.3 is 5.73 Å². The topological polar surface area (TPSA) is 85.1 Å². The molecule has 96 valence electrons. The third-order valence-electron chi connectivity index (χ3n) is 2.75. The van der Waals surface area contributed by atoms with Crippen LogP contribution in [-0.4, -0.2) is 19.4 Å². The molecule has 1 heterocycles. The molecule has 7 heteroatoms. The Morgan fingerprint density at radius 1 is 1.59 bits per heavy atom. The van der Waals surface area contributed by atoms with Crippen LogP contribution in [0.25, 0.3) is 0 Å². The van der Waals surface area contributed by atoms with Crippen LogP contribution >= 0.6 is 11.3 Å². The molecular weight excluding hydrogens is 258 g/mol. The van der Waals surface area contributed by atoms with E-state index < -0.39 is 10.0 Å². The summed E-state index contributed by atoms with van der Waals surface area (Å²) in [6, 6.07) is -0.0322. The Bertz CT molecular complexity index is 506. The van der Waals surface area contributed by atoms with Crippen molar-refractivity contribution in [2.75, 3.05) is 5.73 Å². The molecule has 2 rings (SSSR count). The van der Waals surface area contributed by atoms with Crippen molar-refractivity contribution in [2.24, 2.45) is 5.92 Å². The minimum Gasteiger partial charge on any atom is -0.375 e. The van der Waals surface area contributed by atoms with Crippen LogP contribution in [0, 0.1) is 12.8 Å². The van der Waals surface area contributed by atoms with Gasteiger partial charge in [0.05, 0.1) is 5.69 Å². The molecule has 1 aliphatic rings. The Labute approximate surface area is 105 Å². The van der Waals surface area contributed by atoms with E-state index in [-0.39, 0.29) is 15.4 Å². The van der Waals surface area contributed by atoms with Crippen molar-refractivity contribution in [1.82, 2.24) is 9.71 Å². The normalized spacial score (nSPS) is 18.2. The molecule has 3 N–H and O–H groups in total. The molecule has 1 aliphatic carbocycles. The molecule has 17 heavy (non-hydrogen) atoms. The SMILES string of the molecule is Cc1nc(N)sc1S(=O)(=O)NC(C)CC1CC1. The van der Waals surface area contributed by atoms with Crippen molar-refractivity contribution in [3.8, 4) is 0 Å². The highest BCUT2D eigenvalue weighted by Gasteiger charge is 2.28. The van der Waals surface area contributed by atoms with Gasteiger partial charge >= 0.3 is 0 Å². The van der Waals surface area contributed by atoms with Crippen molar-refractivity contribution in [3.63, 3.8) is 0 Å². The zero-order valence-electron chi connectivity index (χ0n) is 9.93. The van der Waals surface area contributed by atoms with Crippen LogP contribution in [0.15, 0.2) is 4.21 Å². The maximum atomic E-state index is 12.1. The van der Waals surface area contributed by atoms with Gasteiger partial charge in [-0.1, -0.05) is 24.2 Å². The van der Waals surface area contributed by atoms with Crippen molar-refractivity contribution < 1.29 is 8.42 Å². The molecule has 0 amide bonds. The van der Waals surface area contributed by atoms with Crippen molar-refractivity contribution in [2.45, 2.75) is 43.4 Å². The molecule has 0 radical (unpaired) electrons. The minimum absolute atomic E-state index is 0.0322. The highest BCUT2D eigenvalue weighted by Crippen LogP contribution is 2.34.